The molecule has 1 saturated heterocycles. The zero-order valence-electron chi connectivity index (χ0n) is 14.4. The van der Waals surface area contributed by atoms with Crippen molar-refractivity contribution in [3.8, 4) is 11.5 Å². The van der Waals surface area contributed by atoms with Crippen molar-refractivity contribution in [2.45, 2.75) is 25.0 Å². The van der Waals surface area contributed by atoms with E-state index >= 15 is 0 Å². The maximum atomic E-state index is 12.9. The van der Waals surface area contributed by atoms with Gasteiger partial charge in [0.05, 0.1) is 7.11 Å². The first-order chi connectivity index (χ1) is 12.2. The molecule has 0 saturated carbocycles. The number of benzene rings is 2. The summed E-state index contributed by atoms with van der Waals surface area (Å²) in [5.74, 6) is 1.11. The maximum Gasteiger partial charge on any atom is 0.123 e. The minimum absolute atomic E-state index is 0.187. The third-order valence-electron chi connectivity index (χ3n) is 4.54. The summed E-state index contributed by atoms with van der Waals surface area (Å²) >= 11 is 0. The molecule has 0 aromatic heterocycles. The van der Waals surface area contributed by atoms with Crippen LogP contribution in [-0.2, 0) is 0 Å². The van der Waals surface area contributed by atoms with Crippen molar-refractivity contribution in [2.75, 3.05) is 26.8 Å². The number of rotatable bonds is 7. The van der Waals surface area contributed by atoms with Crippen LogP contribution in [0.25, 0.3) is 0 Å². The molecule has 1 N–H and O–H groups in total. The van der Waals surface area contributed by atoms with Gasteiger partial charge in [-0.25, -0.2) is 4.39 Å². The van der Waals surface area contributed by atoms with Gasteiger partial charge in [0, 0.05) is 12.6 Å². The van der Waals surface area contributed by atoms with Crippen LogP contribution >= 0.6 is 0 Å². The van der Waals surface area contributed by atoms with Gasteiger partial charge in [0.15, 0.2) is 0 Å². The number of nitrogens with zero attached hydrogens (tertiary/aromatic N) is 1. The number of hydrogen-bond acceptors (Lipinski definition) is 4. The van der Waals surface area contributed by atoms with Crippen molar-refractivity contribution < 1.29 is 19.0 Å². The summed E-state index contributed by atoms with van der Waals surface area (Å²) in [5, 5.41) is 10.3. The van der Waals surface area contributed by atoms with Gasteiger partial charge in [0.25, 0.3) is 0 Å². The van der Waals surface area contributed by atoms with Crippen molar-refractivity contribution in [1.82, 2.24) is 4.90 Å². The molecular formula is C20H24FNO3. The molecule has 0 aliphatic carbocycles. The SMILES string of the molecule is COc1cccc([C@@H]2CCCN2C[C@@H](O)COc2ccc(F)cc2)c1. The van der Waals surface area contributed by atoms with E-state index in [-0.39, 0.29) is 18.5 Å². The van der Waals surface area contributed by atoms with Crippen LogP contribution in [0.4, 0.5) is 4.39 Å². The predicted octanol–water partition coefficient (Wildman–Crippen LogP) is 3.41. The molecule has 1 fully saturated rings. The highest BCUT2D eigenvalue weighted by atomic mass is 19.1. The molecule has 0 spiro atoms. The van der Waals surface area contributed by atoms with Crippen LogP contribution in [0, 0.1) is 5.82 Å². The molecule has 4 nitrogen and oxygen atoms in total. The van der Waals surface area contributed by atoms with Crippen LogP contribution in [0.2, 0.25) is 0 Å². The van der Waals surface area contributed by atoms with Crippen LogP contribution in [-0.4, -0.2) is 42.9 Å². The van der Waals surface area contributed by atoms with Crippen molar-refractivity contribution >= 4 is 0 Å². The van der Waals surface area contributed by atoms with Crippen LogP contribution in [0.5, 0.6) is 11.5 Å². The van der Waals surface area contributed by atoms with Gasteiger partial charge < -0.3 is 14.6 Å². The van der Waals surface area contributed by atoms with E-state index in [9.17, 15) is 9.50 Å². The molecule has 2 atom stereocenters. The first-order valence-electron chi connectivity index (χ1n) is 8.60. The predicted molar refractivity (Wildman–Crippen MR) is 94.4 cm³/mol. The smallest absolute Gasteiger partial charge is 0.123 e. The van der Waals surface area contributed by atoms with Gasteiger partial charge in [-0.1, -0.05) is 12.1 Å². The Bertz CT molecular complexity index is 677. The van der Waals surface area contributed by atoms with Crippen LogP contribution < -0.4 is 9.47 Å². The van der Waals surface area contributed by atoms with Gasteiger partial charge >= 0.3 is 0 Å². The largest absolute Gasteiger partial charge is 0.497 e. The normalized spacial score (nSPS) is 18.9. The topological polar surface area (TPSA) is 41.9 Å². The summed E-state index contributed by atoms with van der Waals surface area (Å²) < 4.78 is 23.8. The lowest BCUT2D eigenvalue weighted by atomic mass is 10.0. The van der Waals surface area contributed by atoms with E-state index in [4.69, 9.17) is 9.47 Å². The fourth-order valence-electron chi connectivity index (χ4n) is 3.32. The number of likely N-dealkylation sites (tertiary alicyclic amines) is 1. The maximum absolute atomic E-state index is 12.9. The van der Waals surface area contributed by atoms with E-state index in [0.717, 1.165) is 25.1 Å². The molecule has 134 valence electrons. The first-order valence-corrected chi connectivity index (χ1v) is 8.60. The molecule has 2 aromatic rings. The fraction of sp³-hybridized carbons (Fsp3) is 0.400. The molecular weight excluding hydrogens is 321 g/mol. The second kappa shape index (κ2) is 8.32. The standard InChI is InChI=1S/C20H24FNO3/c1-24-19-5-2-4-15(12-19)20-6-3-11-22(20)13-17(23)14-25-18-9-7-16(21)8-10-18/h2,4-5,7-10,12,17,20,23H,3,6,11,13-14H2,1H3/t17-,20+/m1/s1. The number of methoxy groups -OCH3 is 1. The average Bonchev–Trinajstić information content (AvgIpc) is 3.09. The number of halogens is 1. The number of β-amino-alcohol motifs (C(OH)–C–C–N with tert-alkyl or cyclic N) is 1. The van der Waals surface area contributed by atoms with Gasteiger partial charge in [-0.2, -0.15) is 0 Å². The summed E-state index contributed by atoms with van der Waals surface area (Å²) in [5.41, 5.74) is 1.21. The molecule has 0 bridgehead atoms. The summed E-state index contributed by atoms with van der Waals surface area (Å²) in [6.07, 6.45) is 1.57. The molecule has 1 aliphatic heterocycles. The average molecular weight is 345 g/mol. The molecule has 5 heteroatoms. The van der Waals surface area contributed by atoms with Gasteiger partial charge in [0.1, 0.15) is 30.0 Å². The Labute approximate surface area is 147 Å². The van der Waals surface area contributed by atoms with Crippen LogP contribution in [0.3, 0.4) is 0 Å². The fourth-order valence-corrected chi connectivity index (χ4v) is 3.32. The third kappa shape index (κ3) is 4.71. The highest BCUT2D eigenvalue weighted by Crippen LogP contribution is 2.33. The molecule has 0 unspecified atom stereocenters. The molecule has 1 heterocycles. The molecule has 1 aliphatic rings. The quantitative estimate of drug-likeness (QED) is 0.835. The zero-order chi connectivity index (χ0) is 17.6. The van der Waals surface area contributed by atoms with Crippen LogP contribution in [0.15, 0.2) is 48.5 Å². The Morgan fingerprint density at radius 1 is 1.20 bits per heavy atom. The number of aliphatic hydroxyl groups excluding tert-OH is 1. The van der Waals surface area contributed by atoms with Crippen molar-refractivity contribution in [3.63, 3.8) is 0 Å². The van der Waals surface area contributed by atoms with E-state index in [1.807, 2.05) is 12.1 Å². The zero-order valence-corrected chi connectivity index (χ0v) is 14.4. The molecule has 0 radical (unpaired) electrons. The highest BCUT2D eigenvalue weighted by molar-refractivity contribution is 5.31. The van der Waals surface area contributed by atoms with Crippen LogP contribution in [0.1, 0.15) is 24.4 Å². The van der Waals surface area contributed by atoms with E-state index in [1.54, 1.807) is 19.2 Å². The summed E-state index contributed by atoms with van der Waals surface area (Å²) in [6.45, 7) is 1.69. The minimum Gasteiger partial charge on any atom is -0.497 e. The first kappa shape index (κ1) is 17.7. The molecule has 25 heavy (non-hydrogen) atoms. The number of hydrogen-bond donors (Lipinski definition) is 1. The van der Waals surface area contributed by atoms with E-state index < -0.39 is 6.10 Å². The minimum atomic E-state index is -0.601. The Kier molecular flexibility index (Phi) is 5.89. The third-order valence-corrected chi connectivity index (χ3v) is 4.54. The lowest BCUT2D eigenvalue weighted by Gasteiger charge is -2.27. The second-order valence-corrected chi connectivity index (χ2v) is 6.35. The lowest BCUT2D eigenvalue weighted by molar-refractivity contribution is 0.0638. The lowest BCUT2D eigenvalue weighted by Crippen LogP contribution is -2.35. The van der Waals surface area contributed by atoms with Gasteiger partial charge in [-0.15, -0.1) is 0 Å². The molecule has 2 aromatic carbocycles. The monoisotopic (exact) mass is 345 g/mol. The summed E-state index contributed by atoms with van der Waals surface area (Å²) in [7, 11) is 1.67. The summed E-state index contributed by atoms with van der Waals surface area (Å²) in [6, 6.07) is 14.2. The van der Waals surface area contributed by atoms with E-state index in [0.29, 0.717) is 12.3 Å². The van der Waals surface area contributed by atoms with Crippen molar-refractivity contribution in [3.05, 3.63) is 59.9 Å². The Morgan fingerprint density at radius 2 is 2.00 bits per heavy atom. The molecule has 0 amide bonds. The van der Waals surface area contributed by atoms with Crippen molar-refractivity contribution in [1.29, 1.82) is 0 Å². The Morgan fingerprint density at radius 3 is 2.76 bits per heavy atom. The van der Waals surface area contributed by atoms with Crippen molar-refractivity contribution in [2.24, 2.45) is 0 Å². The van der Waals surface area contributed by atoms with E-state index in [2.05, 4.69) is 17.0 Å². The Balaban J connectivity index is 1.56. The Hall–Kier alpha value is -2.11. The van der Waals surface area contributed by atoms with E-state index in [1.165, 1.54) is 17.7 Å². The second-order valence-electron chi connectivity index (χ2n) is 6.35. The summed E-state index contributed by atoms with van der Waals surface area (Å²) in [4.78, 5) is 2.29. The van der Waals surface area contributed by atoms with Gasteiger partial charge in [0.2, 0.25) is 0 Å². The van der Waals surface area contributed by atoms with Gasteiger partial charge in [-0.3, -0.25) is 4.90 Å². The number of aliphatic hydroxyl groups is 1. The van der Waals surface area contributed by atoms with Gasteiger partial charge in [-0.05, 0) is 61.3 Å². The molecule has 3 rings (SSSR count). The number of ether oxygens (including phenoxy) is 2. The highest BCUT2D eigenvalue weighted by Gasteiger charge is 2.28.